The van der Waals surface area contributed by atoms with Gasteiger partial charge in [0.1, 0.15) is 5.65 Å². The maximum Gasteiger partial charge on any atom is 0.137 e. The van der Waals surface area contributed by atoms with E-state index in [2.05, 4.69) is 28.5 Å². The molecule has 0 bridgehead atoms. The molecule has 2 rings (SSSR count). The Bertz CT molecular complexity index is 559. The molecule has 0 atom stereocenters. The van der Waals surface area contributed by atoms with Crippen LogP contribution in [0.15, 0.2) is 42.6 Å². The van der Waals surface area contributed by atoms with Crippen LogP contribution in [0.5, 0.6) is 0 Å². The number of aryl methyl sites for hydroxylation is 1. The van der Waals surface area contributed by atoms with E-state index in [4.69, 9.17) is 0 Å². The third kappa shape index (κ3) is 1.67. The zero-order chi connectivity index (χ0) is 11.5. The van der Waals surface area contributed by atoms with Crippen LogP contribution in [0.4, 0.5) is 0 Å². The summed E-state index contributed by atoms with van der Waals surface area (Å²) in [4.78, 5) is 4.65. The predicted octanol–water partition coefficient (Wildman–Crippen LogP) is 3.62. The van der Waals surface area contributed by atoms with Crippen LogP contribution in [0.1, 0.15) is 25.2 Å². The summed E-state index contributed by atoms with van der Waals surface area (Å²) in [5.41, 5.74) is 4.41. The highest BCUT2D eigenvalue weighted by Crippen LogP contribution is 2.20. The molecule has 0 amide bonds. The third-order valence-electron chi connectivity index (χ3n) is 2.70. The van der Waals surface area contributed by atoms with Crippen molar-refractivity contribution in [2.24, 2.45) is 0 Å². The first-order valence-electron chi connectivity index (χ1n) is 5.51. The molecule has 0 aliphatic rings. The summed E-state index contributed by atoms with van der Waals surface area (Å²) in [7, 11) is 0. The Morgan fingerprint density at radius 3 is 2.75 bits per heavy atom. The minimum absolute atomic E-state index is 0.999. The van der Waals surface area contributed by atoms with E-state index in [-0.39, 0.29) is 0 Å². The first-order chi connectivity index (χ1) is 7.77. The van der Waals surface area contributed by atoms with Gasteiger partial charge in [-0.15, -0.1) is 0 Å². The van der Waals surface area contributed by atoms with Crippen molar-refractivity contribution in [3.05, 3.63) is 54.0 Å². The lowest BCUT2D eigenvalue weighted by Gasteiger charge is -1.99. The minimum atomic E-state index is 0.999. The molecule has 0 spiro atoms. The molecule has 0 saturated heterocycles. The fourth-order valence-electron chi connectivity index (χ4n) is 1.88. The lowest BCUT2D eigenvalue weighted by Crippen LogP contribution is -1.88. The molecule has 0 N–H and O–H groups in total. The number of rotatable bonds is 2. The standard InChI is InChI=1S/C14H16N2/c1-4-8-12(5-2)14-11(3)16-10-7-6-9-13(16)15-14/h4-10H,1-3H3/b8-4-,12-5+. The van der Waals surface area contributed by atoms with Crippen LogP contribution in [0, 0.1) is 6.92 Å². The van der Waals surface area contributed by atoms with E-state index in [1.54, 1.807) is 0 Å². The second-order valence-corrected chi connectivity index (χ2v) is 3.72. The van der Waals surface area contributed by atoms with E-state index >= 15 is 0 Å². The van der Waals surface area contributed by atoms with Crippen LogP contribution < -0.4 is 0 Å². The summed E-state index contributed by atoms with van der Waals surface area (Å²) in [6, 6.07) is 6.06. The Balaban J connectivity index is 2.65. The lowest BCUT2D eigenvalue weighted by molar-refractivity contribution is 1.11. The van der Waals surface area contributed by atoms with E-state index in [1.165, 1.54) is 11.3 Å². The largest absolute Gasteiger partial charge is 0.304 e. The van der Waals surface area contributed by atoms with Gasteiger partial charge in [0.15, 0.2) is 0 Å². The normalized spacial score (nSPS) is 12.8. The van der Waals surface area contributed by atoms with Crippen molar-refractivity contribution in [3.8, 4) is 0 Å². The third-order valence-corrected chi connectivity index (χ3v) is 2.70. The molecule has 2 aromatic rings. The monoisotopic (exact) mass is 212 g/mol. The quantitative estimate of drug-likeness (QED) is 0.695. The zero-order valence-corrected chi connectivity index (χ0v) is 9.94. The molecule has 0 radical (unpaired) electrons. The lowest BCUT2D eigenvalue weighted by atomic mass is 10.1. The molecule has 0 aliphatic carbocycles. The number of fused-ring (bicyclic) bond motifs is 1. The molecule has 0 fully saturated rings. The van der Waals surface area contributed by atoms with E-state index in [9.17, 15) is 0 Å². The Hall–Kier alpha value is -1.83. The number of imidazole rings is 1. The van der Waals surface area contributed by atoms with Gasteiger partial charge in [-0.3, -0.25) is 0 Å². The van der Waals surface area contributed by atoms with E-state index < -0.39 is 0 Å². The van der Waals surface area contributed by atoms with Gasteiger partial charge in [-0.2, -0.15) is 0 Å². The molecule has 2 nitrogen and oxygen atoms in total. The van der Waals surface area contributed by atoms with Crippen LogP contribution in [-0.4, -0.2) is 9.38 Å². The van der Waals surface area contributed by atoms with Gasteiger partial charge in [-0.1, -0.05) is 24.3 Å². The highest BCUT2D eigenvalue weighted by atomic mass is 15.0. The van der Waals surface area contributed by atoms with Gasteiger partial charge in [0, 0.05) is 11.9 Å². The van der Waals surface area contributed by atoms with Gasteiger partial charge in [0.05, 0.1) is 5.69 Å². The van der Waals surface area contributed by atoms with E-state index in [0.717, 1.165) is 11.3 Å². The highest BCUT2D eigenvalue weighted by Gasteiger charge is 2.09. The van der Waals surface area contributed by atoms with Crippen molar-refractivity contribution in [2.75, 3.05) is 0 Å². The van der Waals surface area contributed by atoms with Gasteiger partial charge >= 0.3 is 0 Å². The summed E-state index contributed by atoms with van der Waals surface area (Å²) in [5, 5.41) is 0. The SMILES string of the molecule is C/C=C\C(=C/C)c1nc2ccccn2c1C. The van der Waals surface area contributed by atoms with Crippen molar-refractivity contribution >= 4 is 11.2 Å². The summed E-state index contributed by atoms with van der Waals surface area (Å²) < 4.78 is 2.11. The van der Waals surface area contributed by atoms with Crippen LogP contribution in [-0.2, 0) is 0 Å². The average molecular weight is 212 g/mol. The minimum Gasteiger partial charge on any atom is -0.304 e. The summed E-state index contributed by atoms with van der Waals surface area (Å²) >= 11 is 0. The van der Waals surface area contributed by atoms with Gasteiger partial charge in [-0.05, 0) is 38.5 Å². The molecule has 0 saturated carbocycles. The fraction of sp³-hybridized carbons (Fsp3) is 0.214. The van der Waals surface area contributed by atoms with Gasteiger partial charge < -0.3 is 4.40 Å². The van der Waals surface area contributed by atoms with Crippen molar-refractivity contribution in [3.63, 3.8) is 0 Å². The maximum absolute atomic E-state index is 4.65. The number of aromatic nitrogens is 2. The van der Waals surface area contributed by atoms with Crippen molar-refractivity contribution in [1.82, 2.24) is 9.38 Å². The van der Waals surface area contributed by atoms with Crippen LogP contribution in [0.3, 0.4) is 0 Å². The molecular weight excluding hydrogens is 196 g/mol. The number of hydrogen-bond donors (Lipinski definition) is 0. The molecule has 0 unspecified atom stereocenters. The second kappa shape index (κ2) is 4.35. The van der Waals surface area contributed by atoms with Crippen molar-refractivity contribution in [1.29, 1.82) is 0 Å². The number of hydrogen-bond acceptors (Lipinski definition) is 1. The van der Waals surface area contributed by atoms with Crippen molar-refractivity contribution in [2.45, 2.75) is 20.8 Å². The Labute approximate surface area is 95.9 Å². The summed E-state index contributed by atoms with van der Waals surface area (Å²) in [6.07, 6.45) is 8.27. The Kier molecular flexibility index (Phi) is 2.91. The summed E-state index contributed by atoms with van der Waals surface area (Å²) in [5.74, 6) is 0. The smallest absolute Gasteiger partial charge is 0.137 e. The fourth-order valence-corrected chi connectivity index (χ4v) is 1.88. The number of pyridine rings is 1. The zero-order valence-electron chi connectivity index (χ0n) is 9.94. The topological polar surface area (TPSA) is 17.3 Å². The first kappa shape index (κ1) is 10.7. The van der Waals surface area contributed by atoms with E-state index in [1.807, 2.05) is 44.3 Å². The molecule has 2 heterocycles. The Morgan fingerprint density at radius 2 is 2.12 bits per heavy atom. The number of nitrogens with zero attached hydrogens (tertiary/aromatic N) is 2. The predicted molar refractivity (Wildman–Crippen MR) is 68.4 cm³/mol. The molecule has 2 heteroatoms. The molecule has 0 aliphatic heterocycles. The van der Waals surface area contributed by atoms with Gasteiger partial charge in [-0.25, -0.2) is 4.98 Å². The van der Waals surface area contributed by atoms with Gasteiger partial charge in [0.25, 0.3) is 0 Å². The van der Waals surface area contributed by atoms with Crippen molar-refractivity contribution < 1.29 is 0 Å². The molecule has 0 aromatic carbocycles. The van der Waals surface area contributed by atoms with Crippen LogP contribution in [0.25, 0.3) is 11.2 Å². The van der Waals surface area contributed by atoms with Crippen LogP contribution in [0.2, 0.25) is 0 Å². The summed E-state index contributed by atoms with van der Waals surface area (Å²) in [6.45, 7) is 6.16. The number of allylic oxidation sites excluding steroid dienone is 4. The second-order valence-electron chi connectivity index (χ2n) is 3.72. The molecule has 82 valence electrons. The molecular formula is C14H16N2. The van der Waals surface area contributed by atoms with E-state index in [0.29, 0.717) is 0 Å². The van der Waals surface area contributed by atoms with Gasteiger partial charge in [0.2, 0.25) is 0 Å². The maximum atomic E-state index is 4.65. The highest BCUT2D eigenvalue weighted by molar-refractivity contribution is 5.74. The molecule has 16 heavy (non-hydrogen) atoms. The molecule has 2 aromatic heterocycles. The van der Waals surface area contributed by atoms with Crippen LogP contribution >= 0.6 is 0 Å². The Morgan fingerprint density at radius 1 is 1.31 bits per heavy atom. The first-order valence-corrected chi connectivity index (χ1v) is 5.51. The average Bonchev–Trinajstić information content (AvgIpc) is 2.64.